The van der Waals surface area contributed by atoms with Gasteiger partial charge in [0.2, 0.25) is 11.8 Å². The van der Waals surface area contributed by atoms with E-state index in [1.165, 1.54) is 29.2 Å². The largest absolute Gasteiger partial charge is 0.435 e. The second-order valence-electron chi connectivity index (χ2n) is 4.42. The Morgan fingerprint density at radius 1 is 1.38 bits per heavy atom. The molecule has 2 N–H and O–H groups in total. The van der Waals surface area contributed by atoms with Gasteiger partial charge in [-0.1, -0.05) is 0 Å². The number of benzene rings is 1. The predicted octanol–water partition coefficient (Wildman–Crippen LogP) is 0.658. The third-order valence-electron chi connectivity index (χ3n) is 2.91. The molecular formula is C13H15F2N3O3. The summed E-state index contributed by atoms with van der Waals surface area (Å²) in [6.07, 6.45) is 0. The van der Waals surface area contributed by atoms with Crippen LogP contribution in [0.25, 0.3) is 0 Å². The van der Waals surface area contributed by atoms with Crippen molar-refractivity contribution in [3.63, 3.8) is 0 Å². The third kappa shape index (κ3) is 4.59. The summed E-state index contributed by atoms with van der Waals surface area (Å²) in [5.74, 6) is -0.324. The molecule has 114 valence electrons. The van der Waals surface area contributed by atoms with Gasteiger partial charge in [0.05, 0.1) is 13.1 Å². The van der Waals surface area contributed by atoms with Crippen LogP contribution in [0.5, 0.6) is 5.75 Å². The Morgan fingerprint density at radius 3 is 2.71 bits per heavy atom. The van der Waals surface area contributed by atoms with Crippen molar-refractivity contribution in [2.24, 2.45) is 0 Å². The standard InChI is InChI=1S/C13H15F2N3O3/c14-13(15)21-10-3-1-9(2-4-10)17-7-12(20)18-6-5-16-11(19)8-18/h1-4,13,17H,5-8H2,(H,16,19). The first-order valence-electron chi connectivity index (χ1n) is 6.38. The summed E-state index contributed by atoms with van der Waals surface area (Å²) in [7, 11) is 0. The number of ether oxygens (including phenoxy) is 1. The normalized spacial score (nSPS) is 14.8. The van der Waals surface area contributed by atoms with E-state index in [0.29, 0.717) is 18.8 Å². The number of rotatable bonds is 5. The van der Waals surface area contributed by atoms with Gasteiger partial charge in [0.15, 0.2) is 0 Å². The maximum absolute atomic E-state index is 12.0. The number of anilines is 1. The van der Waals surface area contributed by atoms with Crippen molar-refractivity contribution in [2.75, 3.05) is 31.5 Å². The number of hydrogen-bond acceptors (Lipinski definition) is 4. The van der Waals surface area contributed by atoms with E-state index in [2.05, 4.69) is 15.4 Å². The van der Waals surface area contributed by atoms with Gasteiger partial charge in [-0.15, -0.1) is 0 Å². The van der Waals surface area contributed by atoms with Crippen molar-refractivity contribution < 1.29 is 23.1 Å². The third-order valence-corrected chi connectivity index (χ3v) is 2.91. The second kappa shape index (κ2) is 6.87. The molecule has 2 rings (SSSR count). The minimum atomic E-state index is -2.87. The van der Waals surface area contributed by atoms with Gasteiger partial charge in [0.1, 0.15) is 5.75 Å². The summed E-state index contributed by atoms with van der Waals surface area (Å²) < 4.78 is 28.2. The van der Waals surface area contributed by atoms with Crippen LogP contribution in [0.1, 0.15) is 0 Å². The molecule has 0 aromatic heterocycles. The molecule has 2 amide bonds. The smallest absolute Gasteiger partial charge is 0.387 e. The van der Waals surface area contributed by atoms with Crippen LogP contribution >= 0.6 is 0 Å². The zero-order valence-corrected chi connectivity index (χ0v) is 11.1. The van der Waals surface area contributed by atoms with Crippen molar-refractivity contribution in [1.29, 1.82) is 0 Å². The molecule has 0 bridgehead atoms. The minimum Gasteiger partial charge on any atom is -0.435 e. The number of nitrogens with zero attached hydrogens (tertiary/aromatic N) is 1. The van der Waals surface area contributed by atoms with Crippen LogP contribution in [-0.2, 0) is 9.59 Å². The maximum Gasteiger partial charge on any atom is 0.387 e. The first-order chi connectivity index (χ1) is 10.0. The van der Waals surface area contributed by atoms with Crippen LogP contribution in [-0.4, -0.2) is 49.5 Å². The van der Waals surface area contributed by atoms with Gasteiger partial charge in [-0.3, -0.25) is 9.59 Å². The van der Waals surface area contributed by atoms with Crippen LogP contribution in [0.3, 0.4) is 0 Å². The maximum atomic E-state index is 12.0. The number of carbonyl (C=O) groups excluding carboxylic acids is 2. The average molecular weight is 299 g/mol. The Labute approximate surface area is 120 Å². The molecule has 1 fully saturated rings. The number of carbonyl (C=O) groups is 2. The highest BCUT2D eigenvalue weighted by Gasteiger charge is 2.20. The Kier molecular flexibility index (Phi) is 4.91. The molecule has 21 heavy (non-hydrogen) atoms. The van der Waals surface area contributed by atoms with E-state index >= 15 is 0 Å². The molecule has 1 aliphatic rings. The average Bonchev–Trinajstić information content (AvgIpc) is 2.45. The highest BCUT2D eigenvalue weighted by Crippen LogP contribution is 2.17. The van der Waals surface area contributed by atoms with Gasteiger partial charge >= 0.3 is 6.61 Å². The summed E-state index contributed by atoms with van der Waals surface area (Å²) in [6.45, 7) is -1.85. The van der Waals surface area contributed by atoms with Gasteiger partial charge in [-0.2, -0.15) is 8.78 Å². The molecular weight excluding hydrogens is 284 g/mol. The number of alkyl halides is 2. The molecule has 1 aliphatic heterocycles. The van der Waals surface area contributed by atoms with E-state index in [4.69, 9.17) is 0 Å². The van der Waals surface area contributed by atoms with Gasteiger partial charge < -0.3 is 20.3 Å². The van der Waals surface area contributed by atoms with Gasteiger partial charge in [-0.25, -0.2) is 0 Å². The molecule has 1 aromatic rings. The van der Waals surface area contributed by atoms with Crippen LogP contribution in [0, 0.1) is 0 Å². The molecule has 0 atom stereocenters. The quantitative estimate of drug-likeness (QED) is 0.838. The van der Waals surface area contributed by atoms with Gasteiger partial charge in [0.25, 0.3) is 0 Å². The number of piperazine rings is 1. The summed E-state index contributed by atoms with van der Waals surface area (Å²) in [4.78, 5) is 24.5. The van der Waals surface area contributed by atoms with Gasteiger partial charge in [0, 0.05) is 18.8 Å². The van der Waals surface area contributed by atoms with Crippen molar-refractivity contribution in [1.82, 2.24) is 10.2 Å². The monoisotopic (exact) mass is 299 g/mol. The number of halogens is 2. The zero-order valence-electron chi connectivity index (χ0n) is 11.1. The van der Waals surface area contributed by atoms with Crippen LogP contribution < -0.4 is 15.4 Å². The van der Waals surface area contributed by atoms with Gasteiger partial charge in [-0.05, 0) is 24.3 Å². The fourth-order valence-electron chi connectivity index (χ4n) is 1.90. The zero-order chi connectivity index (χ0) is 15.2. The highest BCUT2D eigenvalue weighted by molar-refractivity contribution is 5.87. The molecule has 0 spiro atoms. The Hall–Kier alpha value is -2.38. The summed E-state index contributed by atoms with van der Waals surface area (Å²) >= 11 is 0. The van der Waals surface area contributed by atoms with E-state index in [1.54, 1.807) is 0 Å². The molecule has 8 heteroatoms. The SMILES string of the molecule is O=C1CN(C(=O)CNc2ccc(OC(F)F)cc2)CCN1. The number of hydrogen-bond donors (Lipinski definition) is 2. The fourth-order valence-corrected chi connectivity index (χ4v) is 1.90. The van der Waals surface area contributed by atoms with Crippen molar-refractivity contribution in [3.05, 3.63) is 24.3 Å². The van der Waals surface area contributed by atoms with E-state index in [-0.39, 0.29) is 30.7 Å². The molecule has 1 saturated heterocycles. The fraction of sp³-hybridized carbons (Fsp3) is 0.385. The molecule has 0 unspecified atom stereocenters. The van der Waals surface area contributed by atoms with Crippen LogP contribution in [0.15, 0.2) is 24.3 Å². The van der Waals surface area contributed by atoms with E-state index in [9.17, 15) is 18.4 Å². The first-order valence-corrected chi connectivity index (χ1v) is 6.38. The predicted molar refractivity (Wildman–Crippen MR) is 71.2 cm³/mol. The van der Waals surface area contributed by atoms with E-state index < -0.39 is 6.61 Å². The van der Waals surface area contributed by atoms with E-state index in [0.717, 1.165) is 0 Å². The van der Waals surface area contributed by atoms with Crippen LogP contribution in [0.2, 0.25) is 0 Å². The van der Waals surface area contributed by atoms with E-state index in [1.807, 2.05) is 0 Å². The minimum absolute atomic E-state index is 0.0301. The Morgan fingerprint density at radius 2 is 2.10 bits per heavy atom. The Bertz CT molecular complexity index is 508. The lowest BCUT2D eigenvalue weighted by molar-refractivity contribution is -0.136. The molecule has 0 radical (unpaired) electrons. The Balaban J connectivity index is 1.82. The lowest BCUT2D eigenvalue weighted by atomic mass is 10.3. The lowest BCUT2D eigenvalue weighted by Gasteiger charge is -2.26. The summed E-state index contributed by atoms with van der Waals surface area (Å²) in [6, 6.07) is 5.84. The second-order valence-corrected chi connectivity index (χ2v) is 4.42. The van der Waals surface area contributed by atoms with Crippen molar-refractivity contribution in [3.8, 4) is 5.75 Å². The molecule has 1 aromatic carbocycles. The van der Waals surface area contributed by atoms with Crippen molar-refractivity contribution in [2.45, 2.75) is 6.61 Å². The summed E-state index contributed by atoms with van der Waals surface area (Å²) in [5, 5.41) is 5.51. The molecule has 1 heterocycles. The summed E-state index contributed by atoms with van der Waals surface area (Å²) in [5.41, 5.74) is 0.603. The first kappa shape index (κ1) is 15.0. The molecule has 0 aliphatic carbocycles. The lowest BCUT2D eigenvalue weighted by Crippen LogP contribution is -2.51. The highest BCUT2D eigenvalue weighted by atomic mass is 19.3. The van der Waals surface area contributed by atoms with Crippen LogP contribution in [0.4, 0.5) is 14.5 Å². The van der Waals surface area contributed by atoms with Crippen molar-refractivity contribution >= 4 is 17.5 Å². The molecule has 0 saturated carbocycles. The topological polar surface area (TPSA) is 70.7 Å². The molecule has 6 nitrogen and oxygen atoms in total. The number of nitrogens with one attached hydrogen (secondary N) is 2. The number of amides is 2.